The van der Waals surface area contributed by atoms with E-state index < -0.39 is 10.8 Å². The van der Waals surface area contributed by atoms with Crippen LogP contribution in [0.15, 0.2) is 46.6 Å². The lowest BCUT2D eigenvalue weighted by Crippen LogP contribution is -1.96. The first-order chi connectivity index (χ1) is 11.9. The molecule has 0 radical (unpaired) electrons. The second kappa shape index (κ2) is 6.50. The molecule has 10 heteroatoms. The predicted octanol–water partition coefficient (Wildman–Crippen LogP) is 5.01. The van der Waals surface area contributed by atoms with Crippen molar-refractivity contribution in [2.75, 3.05) is 0 Å². The minimum Gasteiger partial charge on any atom is -0.493 e. The summed E-state index contributed by atoms with van der Waals surface area (Å²) in [6.07, 6.45) is 0. The number of fused-ring (bicyclic) bond motifs is 1. The molecule has 1 heterocycles. The minimum atomic E-state index is -0.810. The summed E-state index contributed by atoms with van der Waals surface area (Å²) in [6.45, 7) is 0. The molecule has 0 unspecified atom stereocenters. The summed E-state index contributed by atoms with van der Waals surface area (Å²) in [5, 5.41) is 28.6. The van der Waals surface area contributed by atoms with Gasteiger partial charge in [0.2, 0.25) is 5.88 Å². The van der Waals surface area contributed by atoms with Gasteiger partial charge in [-0.05, 0) is 24.3 Å². The maximum Gasteiger partial charge on any atom is 0.296 e. The highest BCUT2D eigenvalue weighted by atomic mass is 35.5. The summed E-state index contributed by atoms with van der Waals surface area (Å²) in [5.74, 6) is -1.08. The highest BCUT2D eigenvalue weighted by molar-refractivity contribution is 6.34. The molecule has 0 saturated carbocycles. The van der Waals surface area contributed by atoms with Crippen molar-refractivity contribution in [3.8, 4) is 5.88 Å². The lowest BCUT2D eigenvalue weighted by atomic mass is 10.2. The largest absolute Gasteiger partial charge is 0.493 e. The summed E-state index contributed by atoms with van der Waals surface area (Å²) in [6, 6.07) is 8.21. The van der Waals surface area contributed by atoms with Gasteiger partial charge in [0.05, 0.1) is 21.0 Å². The molecule has 8 nitrogen and oxygen atoms in total. The second-order valence-corrected chi connectivity index (χ2v) is 5.78. The first kappa shape index (κ1) is 16.9. The Morgan fingerprint density at radius 1 is 1.20 bits per heavy atom. The molecule has 1 aromatic heterocycles. The Morgan fingerprint density at radius 2 is 1.96 bits per heavy atom. The van der Waals surface area contributed by atoms with Crippen LogP contribution in [0.1, 0.15) is 10.4 Å². The third-order valence-corrected chi connectivity index (χ3v) is 3.90. The molecule has 2 N–H and O–H groups in total. The van der Waals surface area contributed by atoms with Crippen LogP contribution in [0.2, 0.25) is 10.0 Å². The Bertz CT molecular complexity index is 1050. The van der Waals surface area contributed by atoms with Crippen molar-refractivity contribution < 1.29 is 14.8 Å². The van der Waals surface area contributed by atoms with E-state index in [0.29, 0.717) is 15.9 Å². The standard InChI is InChI=1S/C15H8Cl2N4O4/c16-7-1-4-12-10(5-7)13(15(23)18-12)19-20-14(22)9-3-2-8(21(24)25)6-11(9)17/h1-6,18,23H. The van der Waals surface area contributed by atoms with Gasteiger partial charge in [0.1, 0.15) is 0 Å². The average molecular weight is 379 g/mol. The monoisotopic (exact) mass is 378 g/mol. The van der Waals surface area contributed by atoms with Crippen molar-refractivity contribution in [3.63, 3.8) is 0 Å². The van der Waals surface area contributed by atoms with Crippen LogP contribution in [-0.2, 0) is 0 Å². The van der Waals surface area contributed by atoms with Crippen LogP contribution < -0.4 is 0 Å². The minimum absolute atomic E-state index is 0.0453. The van der Waals surface area contributed by atoms with Crippen LogP contribution in [-0.4, -0.2) is 20.9 Å². The first-order valence-electron chi connectivity index (χ1n) is 6.77. The average Bonchev–Trinajstić information content (AvgIpc) is 2.87. The van der Waals surface area contributed by atoms with Gasteiger partial charge < -0.3 is 10.1 Å². The number of halogens is 2. The van der Waals surface area contributed by atoms with Gasteiger partial charge >= 0.3 is 0 Å². The van der Waals surface area contributed by atoms with E-state index in [9.17, 15) is 20.0 Å². The number of aromatic amines is 1. The van der Waals surface area contributed by atoms with Gasteiger partial charge in [-0.15, -0.1) is 10.2 Å². The summed E-state index contributed by atoms with van der Waals surface area (Å²) in [5.41, 5.74) is 0.316. The van der Waals surface area contributed by atoms with Crippen molar-refractivity contribution in [2.24, 2.45) is 10.2 Å². The third-order valence-electron chi connectivity index (χ3n) is 3.35. The molecule has 3 aromatic rings. The van der Waals surface area contributed by atoms with Crippen molar-refractivity contribution in [1.82, 2.24) is 4.98 Å². The topological polar surface area (TPSA) is 121 Å². The Balaban J connectivity index is 1.95. The fourth-order valence-corrected chi connectivity index (χ4v) is 2.60. The van der Waals surface area contributed by atoms with Gasteiger partial charge in [-0.25, -0.2) is 0 Å². The van der Waals surface area contributed by atoms with Crippen molar-refractivity contribution in [2.45, 2.75) is 0 Å². The zero-order chi connectivity index (χ0) is 18.1. The Morgan fingerprint density at radius 3 is 2.64 bits per heavy atom. The molecule has 25 heavy (non-hydrogen) atoms. The zero-order valence-corrected chi connectivity index (χ0v) is 13.7. The molecule has 0 spiro atoms. The normalized spacial score (nSPS) is 11.3. The maximum absolute atomic E-state index is 12.1. The summed E-state index contributed by atoms with van der Waals surface area (Å²) in [4.78, 5) is 24.9. The fraction of sp³-hybridized carbons (Fsp3) is 0. The number of rotatable bonds is 3. The van der Waals surface area contributed by atoms with Crippen molar-refractivity contribution in [3.05, 3.63) is 62.1 Å². The summed E-state index contributed by atoms with van der Waals surface area (Å²) >= 11 is 11.8. The number of carbonyl (C=O) groups is 1. The van der Waals surface area contributed by atoms with Gasteiger partial charge in [0.25, 0.3) is 11.6 Å². The Labute approximate surface area is 149 Å². The van der Waals surface area contributed by atoms with E-state index in [-0.39, 0.29) is 27.8 Å². The Hall–Kier alpha value is -2.97. The van der Waals surface area contributed by atoms with Crippen LogP contribution in [0.25, 0.3) is 10.9 Å². The van der Waals surface area contributed by atoms with Crippen LogP contribution >= 0.6 is 23.2 Å². The highest BCUT2D eigenvalue weighted by Crippen LogP contribution is 2.37. The van der Waals surface area contributed by atoms with Crippen LogP contribution in [0, 0.1) is 10.1 Å². The number of azo groups is 1. The number of carbonyl (C=O) groups excluding carboxylic acids is 1. The molecular weight excluding hydrogens is 371 g/mol. The number of non-ortho nitro benzene ring substituents is 1. The molecule has 0 aliphatic heterocycles. The molecule has 2 aromatic carbocycles. The quantitative estimate of drug-likeness (QED) is 0.377. The molecule has 0 bridgehead atoms. The van der Waals surface area contributed by atoms with Crippen LogP contribution in [0.4, 0.5) is 11.4 Å². The highest BCUT2D eigenvalue weighted by Gasteiger charge is 2.16. The number of benzene rings is 2. The molecular formula is C15H8Cl2N4O4. The van der Waals surface area contributed by atoms with Gasteiger partial charge in [0.15, 0.2) is 5.69 Å². The van der Waals surface area contributed by atoms with Gasteiger partial charge in [-0.1, -0.05) is 23.2 Å². The lowest BCUT2D eigenvalue weighted by Gasteiger charge is -1.99. The molecule has 0 aliphatic rings. The number of aromatic hydroxyl groups is 1. The van der Waals surface area contributed by atoms with E-state index in [1.54, 1.807) is 18.2 Å². The molecule has 0 aliphatic carbocycles. The number of H-pyrrole nitrogens is 1. The molecule has 0 fully saturated rings. The smallest absolute Gasteiger partial charge is 0.296 e. The number of nitro benzene ring substituents is 1. The van der Waals surface area contributed by atoms with Gasteiger partial charge in [-0.2, -0.15) is 0 Å². The second-order valence-electron chi connectivity index (χ2n) is 4.94. The van der Waals surface area contributed by atoms with E-state index in [2.05, 4.69) is 15.2 Å². The van der Waals surface area contributed by atoms with E-state index in [1.165, 1.54) is 6.07 Å². The molecule has 0 saturated heterocycles. The maximum atomic E-state index is 12.1. The predicted molar refractivity (Wildman–Crippen MR) is 91.9 cm³/mol. The molecule has 1 amide bonds. The number of nitro groups is 1. The van der Waals surface area contributed by atoms with Crippen molar-refractivity contribution in [1.29, 1.82) is 0 Å². The summed E-state index contributed by atoms with van der Waals surface area (Å²) < 4.78 is 0. The third kappa shape index (κ3) is 3.30. The van der Waals surface area contributed by atoms with Gasteiger partial charge in [0, 0.05) is 22.5 Å². The number of aromatic nitrogens is 1. The van der Waals surface area contributed by atoms with Gasteiger partial charge in [-0.3, -0.25) is 14.9 Å². The van der Waals surface area contributed by atoms with Crippen LogP contribution in [0.5, 0.6) is 5.88 Å². The van der Waals surface area contributed by atoms with Crippen molar-refractivity contribution >= 4 is 51.4 Å². The SMILES string of the molecule is O=C(N=Nc1c(O)[nH]c2ccc(Cl)cc12)c1ccc([N+](=O)[O-])cc1Cl. The first-order valence-corrected chi connectivity index (χ1v) is 7.52. The van der Waals surface area contributed by atoms with Crippen LogP contribution in [0.3, 0.4) is 0 Å². The fourth-order valence-electron chi connectivity index (χ4n) is 2.18. The molecule has 0 atom stereocenters. The molecule has 3 rings (SSSR count). The van der Waals surface area contributed by atoms with E-state index in [0.717, 1.165) is 12.1 Å². The number of hydrogen-bond donors (Lipinski definition) is 2. The lowest BCUT2D eigenvalue weighted by molar-refractivity contribution is -0.384. The number of nitrogens with zero attached hydrogens (tertiary/aromatic N) is 3. The van der Waals surface area contributed by atoms with E-state index >= 15 is 0 Å². The van der Waals surface area contributed by atoms with E-state index in [1.807, 2.05) is 0 Å². The number of nitrogens with one attached hydrogen (secondary N) is 1. The number of amides is 1. The summed E-state index contributed by atoms with van der Waals surface area (Å²) in [7, 11) is 0. The Kier molecular flexibility index (Phi) is 4.39. The molecule has 126 valence electrons. The number of hydrogen-bond acceptors (Lipinski definition) is 5. The zero-order valence-electron chi connectivity index (χ0n) is 12.2. The van der Waals surface area contributed by atoms with E-state index in [4.69, 9.17) is 23.2 Å².